The number of guanidine groups is 1. The average molecular weight is 210 g/mol. The van der Waals surface area contributed by atoms with Gasteiger partial charge in [-0.25, -0.2) is 0 Å². The third kappa shape index (κ3) is 3.35. The van der Waals surface area contributed by atoms with Gasteiger partial charge in [0.15, 0.2) is 6.54 Å². The standard InChI is InChI=1S/C7H14N8/c1-5(2)10-6-4-15(14-13-8)12-7(9-3)11-6/h5H,4H2,1-3H3,(H2,9,10,11,12). The molecule has 0 saturated carbocycles. The van der Waals surface area contributed by atoms with Crippen molar-refractivity contribution in [1.82, 2.24) is 15.9 Å². The van der Waals surface area contributed by atoms with E-state index in [0.717, 1.165) is 5.84 Å². The number of hydrogen-bond donors (Lipinski definition) is 2. The van der Waals surface area contributed by atoms with E-state index in [4.69, 9.17) is 5.53 Å². The second kappa shape index (κ2) is 5.06. The molecule has 1 saturated heterocycles. The molecule has 0 amide bonds. The van der Waals surface area contributed by atoms with Crippen molar-refractivity contribution >= 4 is 11.8 Å². The van der Waals surface area contributed by atoms with Crippen molar-refractivity contribution in [2.24, 2.45) is 15.2 Å². The van der Waals surface area contributed by atoms with Crippen LogP contribution >= 0.6 is 0 Å². The number of amidine groups is 1. The monoisotopic (exact) mass is 210 g/mol. The van der Waals surface area contributed by atoms with E-state index < -0.39 is 0 Å². The van der Waals surface area contributed by atoms with Crippen LogP contribution in [-0.4, -0.2) is 36.5 Å². The maximum atomic E-state index is 8.32. The van der Waals surface area contributed by atoms with Crippen molar-refractivity contribution in [2.75, 3.05) is 13.6 Å². The van der Waals surface area contributed by atoms with E-state index >= 15 is 0 Å². The molecule has 2 N–H and O–H groups in total. The zero-order valence-electron chi connectivity index (χ0n) is 8.97. The third-order valence-corrected chi connectivity index (χ3v) is 1.58. The highest BCUT2D eigenvalue weighted by atomic mass is 15.8. The normalized spacial score (nSPS) is 21.2. The molecule has 1 aliphatic rings. The van der Waals surface area contributed by atoms with Crippen molar-refractivity contribution in [1.29, 1.82) is 0 Å². The van der Waals surface area contributed by atoms with Crippen LogP contribution in [0.5, 0.6) is 0 Å². The molecule has 1 heterocycles. The second-order valence-corrected chi connectivity index (χ2v) is 3.22. The summed E-state index contributed by atoms with van der Waals surface area (Å²) >= 11 is 0. The van der Waals surface area contributed by atoms with Crippen LogP contribution in [0.15, 0.2) is 15.2 Å². The lowest BCUT2D eigenvalue weighted by Gasteiger charge is -2.24. The minimum Gasteiger partial charge on any atom is -0.309 e. The van der Waals surface area contributed by atoms with Crippen molar-refractivity contribution in [3.63, 3.8) is 0 Å². The molecule has 0 spiro atoms. The fraction of sp³-hybridized carbons (Fsp3) is 0.714. The molecule has 82 valence electrons. The van der Waals surface area contributed by atoms with Gasteiger partial charge in [-0.2, -0.15) is 10.3 Å². The van der Waals surface area contributed by atoms with Crippen molar-refractivity contribution in [2.45, 2.75) is 19.9 Å². The molecule has 0 bridgehead atoms. The van der Waals surface area contributed by atoms with Gasteiger partial charge >= 0.3 is 0 Å². The van der Waals surface area contributed by atoms with E-state index in [1.807, 2.05) is 13.8 Å². The first-order valence-corrected chi connectivity index (χ1v) is 4.55. The number of aliphatic imine (C=N–C) groups is 2. The fourth-order valence-corrected chi connectivity index (χ4v) is 1.10. The second-order valence-electron chi connectivity index (χ2n) is 3.22. The Kier molecular flexibility index (Phi) is 3.75. The molecule has 1 fully saturated rings. The van der Waals surface area contributed by atoms with Gasteiger partial charge in [-0.1, -0.05) is 0 Å². The Bertz CT molecular complexity index is 324. The Labute approximate surface area is 87.6 Å². The molecule has 1 aliphatic heterocycles. The van der Waals surface area contributed by atoms with E-state index in [2.05, 4.69) is 30.9 Å². The van der Waals surface area contributed by atoms with Crippen LogP contribution in [-0.2, 0) is 0 Å². The predicted octanol–water partition coefficient (Wildman–Crippen LogP) is 0.414. The fourth-order valence-electron chi connectivity index (χ4n) is 1.10. The summed E-state index contributed by atoms with van der Waals surface area (Å²) in [6, 6.07) is 0.177. The van der Waals surface area contributed by atoms with Gasteiger partial charge < -0.3 is 5.32 Å². The summed E-state index contributed by atoms with van der Waals surface area (Å²) < 4.78 is 0. The maximum absolute atomic E-state index is 8.32. The molecule has 0 aromatic rings. The lowest BCUT2D eigenvalue weighted by molar-refractivity contribution is 0.265. The Morgan fingerprint density at radius 3 is 2.80 bits per heavy atom. The molecule has 0 unspecified atom stereocenters. The van der Waals surface area contributed by atoms with Gasteiger partial charge in [0.05, 0.1) is 0 Å². The van der Waals surface area contributed by atoms with E-state index in [9.17, 15) is 0 Å². The van der Waals surface area contributed by atoms with Crippen LogP contribution in [0.1, 0.15) is 13.8 Å². The highest BCUT2D eigenvalue weighted by molar-refractivity contribution is 6.02. The number of nitrogens with one attached hydrogen (secondary N) is 2. The van der Waals surface area contributed by atoms with Crippen LogP contribution in [0.25, 0.3) is 10.4 Å². The summed E-state index contributed by atoms with van der Waals surface area (Å²) in [6.45, 7) is 4.33. The lowest BCUT2D eigenvalue weighted by Crippen LogP contribution is -2.57. The maximum Gasteiger partial charge on any atom is 0.233 e. The Hall–Kier alpha value is -1.95. The summed E-state index contributed by atoms with van der Waals surface area (Å²) in [4.78, 5) is 10.9. The van der Waals surface area contributed by atoms with Gasteiger partial charge in [-0.3, -0.25) is 9.98 Å². The topological polar surface area (TPSA) is 101 Å². The summed E-state index contributed by atoms with van der Waals surface area (Å²) in [5, 5.41) is 7.76. The van der Waals surface area contributed by atoms with E-state index in [0.29, 0.717) is 12.5 Å². The van der Waals surface area contributed by atoms with Gasteiger partial charge in [-0.15, -0.1) is 10.6 Å². The zero-order valence-corrected chi connectivity index (χ0v) is 8.97. The Balaban J connectivity index is 2.80. The van der Waals surface area contributed by atoms with Crippen LogP contribution < -0.4 is 10.7 Å². The highest BCUT2D eigenvalue weighted by Crippen LogP contribution is 1.95. The molecule has 0 radical (unpaired) electrons. The molecule has 0 atom stereocenters. The van der Waals surface area contributed by atoms with Gasteiger partial charge in [0.1, 0.15) is 5.84 Å². The predicted molar refractivity (Wildman–Crippen MR) is 58.1 cm³/mol. The molecule has 0 aliphatic carbocycles. The average Bonchev–Trinajstić information content (AvgIpc) is 2.16. The summed E-state index contributed by atoms with van der Waals surface area (Å²) in [7, 11) is 1.63. The number of azide groups is 1. The molecule has 8 heteroatoms. The van der Waals surface area contributed by atoms with Gasteiger partial charge in [0.2, 0.25) is 5.96 Å². The van der Waals surface area contributed by atoms with Crippen LogP contribution in [0.2, 0.25) is 0 Å². The first-order valence-electron chi connectivity index (χ1n) is 4.55. The minimum absolute atomic E-state index is 0.177. The van der Waals surface area contributed by atoms with Crippen molar-refractivity contribution in [3.8, 4) is 0 Å². The molecule has 1 rings (SSSR count). The number of rotatable bonds is 2. The summed E-state index contributed by atoms with van der Waals surface area (Å²) in [5.74, 6) is 1.23. The first-order chi connectivity index (χ1) is 7.15. The van der Waals surface area contributed by atoms with Gasteiger partial charge in [-0.05, 0) is 13.8 Å². The van der Waals surface area contributed by atoms with Crippen molar-refractivity contribution in [3.05, 3.63) is 10.4 Å². The van der Waals surface area contributed by atoms with Crippen LogP contribution in [0.4, 0.5) is 0 Å². The largest absolute Gasteiger partial charge is 0.309 e. The number of nitrogens with zero attached hydrogens (tertiary/aromatic N) is 6. The molecule has 0 aromatic carbocycles. The molecular weight excluding hydrogens is 196 g/mol. The quantitative estimate of drug-likeness (QED) is 0.392. The van der Waals surface area contributed by atoms with Gasteiger partial charge in [0, 0.05) is 18.3 Å². The van der Waals surface area contributed by atoms with Crippen LogP contribution in [0.3, 0.4) is 0 Å². The summed E-state index contributed by atoms with van der Waals surface area (Å²) in [5.41, 5.74) is 11.1. The van der Waals surface area contributed by atoms with Crippen molar-refractivity contribution < 1.29 is 0 Å². The lowest BCUT2D eigenvalue weighted by atomic mass is 10.4. The number of hydrogen-bond acceptors (Lipinski definition) is 3. The van der Waals surface area contributed by atoms with E-state index in [1.165, 1.54) is 5.12 Å². The Morgan fingerprint density at radius 1 is 1.53 bits per heavy atom. The molecule has 15 heavy (non-hydrogen) atoms. The third-order valence-electron chi connectivity index (χ3n) is 1.58. The van der Waals surface area contributed by atoms with E-state index in [-0.39, 0.29) is 6.04 Å². The molecule has 8 nitrogen and oxygen atoms in total. The highest BCUT2D eigenvalue weighted by Gasteiger charge is 2.20. The zero-order chi connectivity index (χ0) is 11.3. The molecular formula is C7H14N8. The summed E-state index contributed by atoms with van der Waals surface area (Å²) in [6.07, 6.45) is 0. The number of hydrazine groups is 1. The first kappa shape index (κ1) is 11.1. The minimum atomic E-state index is 0.177. The SMILES string of the molecule is CN=C1NC(=NC(C)C)CN(N=[N+]=[N-])N1. The molecule has 0 aromatic heterocycles. The van der Waals surface area contributed by atoms with Gasteiger partial charge in [0.25, 0.3) is 0 Å². The smallest absolute Gasteiger partial charge is 0.233 e. The van der Waals surface area contributed by atoms with Crippen LogP contribution in [0, 0.1) is 0 Å². The Morgan fingerprint density at radius 2 is 2.27 bits per heavy atom. The van der Waals surface area contributed by atoms with E-state index in [1.54, 1.807) is 7.05 Å².